The summed E-state index contributed by atoms with van der Waals surface area (Å²) in [6.45, 7) is 6.68. The van der Waals surface area contributed by atoms with Crippen LogP contribution in [0.25, 0.3) is 0 Å². The molecule has 5 heteroatoms. The molecule has 3 rings (SSSR count). The van der Waals surface area contributed by atoms with Crippen LogP contribution in [0.1, 0.15) is 43.5 Å². The summed E-state index contributed by atoms with van der Waals surface area (Å²) in [5, 5.41) is 10.0. The predicted molar refractivity (Wildman–Crippen MR) is 91.2 cm³/mol. The Morgan fingerprint density at radius 1 is 1.21 bits per heavy atom. The highest BCUT2D eigenvalue weighted by Gasteiger charge is 2.36. The van der Waals surface area contributed by atoms with E-state index in [4.69, 9.17) is 9.47 Å². The molecule has 1 amide bonds. The Kier molecular flexibility index (Phi) is 5.11. The summed E-state index contributed by atoms with van der Waals surface area (Å²) in [5.74, 6) is 0.820. The third kappa shape index (κ3) is 3.90. The van der Waals surface area contributed by atoms with Gasteiger partial charge in [-0.15, -0.1) is 0 Å². The summed E-state index contributed by atoms with van der Waals surface area (Å²) < 4.78 is 11.3. The molecule has 0 radical (unpaired) electrons. The van der Waals surface area contributed by atoms with Crippen molar-refractivity contribution in [3.8, 4) is 5.75 Å². The fourth-order valence-electron chi connectivity index (χ4n) is 3.36. The van der Waals surface area contributed by atoms with Crippen molar-refractivity contribution >= 4 is 5.91 Å². The van der Waals surface area contributed by atoms with E-state index in [-0.39, 0.29) is 23.5 Å². The van der Waals surface area contributed by atoms with Gasteiger partial charge in [-0.1, -0.05) is 13.8 Å². The summed E-state index contributed by atoms with van der Waals surface area (Å²) in [5.41, 5.74) is 0.404. The highest BCUT2D eigenvalue weighted by Crippen LogP contribution is 2.30. The van der Waals surface area contributed by atoms with Gasteiger partial charge in [0.25, 0.3) is 5.91 Å². The SMILES string of the molecule is CC1(C)CN(C(=O)c2ccc(OC3CCOCC3)cc2)CCC1O. The topological polar surface area (TPSA) is 59.0 Å². The molecule has 2 fully saturated rings. The van der Waals surface area contributed by atoms with Gasteiger partial charge in [-0.05, 0) is 30.7 Å². The Bertz CT molecular complexity index is 563. The number of amides is 1. The molecular weight excluding hydrogens is 306 g/mol. The van der Waals surface area contributed by atoms with Gasteiger partial charge in [0.1, 0.15) is 11.9 Å². The zero-order valence-corrected chi connectivity index (χ0v) is 14.5. The molecule has 2 aliphatic heterocycles. The minimum absolute atomic E-state index is 0.0209. The zero-order chi connectivity index (χ0) is 17.2. The van der Waals surface area contributed by atoms with Gasteiger partial charge in [0.05, 0.1) is 19.3 Å². The lowest BCUT2D eigenvalue weighted by Gasteiger charge is -2.41. The number of hydrogen-bond acceptors (Lipinski definition) is 4. The number of nitrogens with zero attached hydrogens (tertiary/aromatic N) is 1. The van der Waals surface area contributed by atoms with Crippen LogP contribution in [0.15, 0.2) is 24.3 Å². The van der Waals surface area contributed by atoms with Gasteiger partial charge in [0.15, 0.2) is 0 Å². The molecule has 132 valence electrons. The second-order valence-corrected chi connectivity index (χ2v) is 7.47. The summed E-state index contributed by atoms with van der Waals surface area (Å²) in [6, 6.07) is 7.39. The standard InChI is InChI=1S/C19H27NO4/c1-19(2)13-20(10-7-17(19)21)18(22)14-3-5-15(6-4-14)24-16-8-11-23-12-9-16/h3-6,16-17,21H,7-13H2,1-2H3. The molecule has 1 atom stereocenters. The first-order chi connectivity index (χ1) is 11.5. The Morgan fingerprint density at radius 2 is 1.88 bits per heavy atom. The minimum Gasteiger partial charge on any atom is -0.490 e. The van der Waals surface area contributed by atoms with Gasteiger partial charge in [0, 0.05) is 36.9 Å². The van der Waals surface area contributed by atoms with Crippen LogP contribution in [0.5, 0.6) is 5.75 Å². The maximum atomic E-state index is 12.7. The van der Waals surface area contributed by atoms with Crippen LogP contribution < -0.4 is 4.74 Å². The van der Waals surface area contributed by atoms with Crippen LogP contribution >= 0.6 is 0 Å². The van der Waals surface area contributed by atoms with Crippen LogP contribution in [0.2, 0.25) is 0 Å². The van der Waals surface area contributed by atoms with Crippen LogP contribution in [0.3, 0.4) is 0 Å². The van der Waals surface area contributed by atoms with Crippen molar-refractivity contribution in [1.82, 2.24) is 4.90 Å². The van der Waals surface area contributed by atoms with Gasteiger partial charge < -0.3 is 19.5 Å². The number of aliphatic hydroxyl groups excluding tert-OH is 1. The molecule has 24 heavy (non-hydrogen) atoms. The number of benzene rings is 1. The molecule has 1 N–H and O–H groups in total. The maximum Gasteiger partial charge on any atom is 0.253 e. The van der Waals surface area contributed by atoms with E-state index in [0.717, 1.165) is 31.8 Å². The number of carbonyl (C=O) groups is 1. The molecule has 0 aliphatic carbocycles. The van der Waals surface area contributed by atoms with E-state index in [1.54, 1.807) is 0 Å². The lowest BCUT2D eigenvalue weighted by Crippen LogP contribution is -2.50. The number of ether oxygens (including phenoxy) is 2. The van der Waals surface area contributed by atoms with Crippen molar-refractivity contribution in [1.29, 1.82) is 0 Å². The molecule has 2 heterocycles. The van der Waals surface area contributed by atoms with E-state index in [1.807, 2.05) is 43.0 Å². The maximum absolute atomic E-state index is 12.7. The highest BCUT2D eigenvalue weighted by atomic mass is 16.5. The van der Waals surface area contributed by atoms with Gasteiger partial charge in [-0.2, -0.15) is 0 Å². The molecular formula is C19H27NO4. The Hall–Kier alpha value is -1.59. The molecule has 1 aromatic rings. The van der Waals surface area contributed by atoms with Crippen molar-refractivity contribution in [2.75, 3.05) is 26.3 Å². The first-order valence-corrected chi connectivity index (χ1v) is 8.77. The Balaban J connectivity index is 1.61. The normalized spacial score (nSPS) is 24.6. The van der Waals surface area contributed by atoms with Crippen LogP contribution in [-0.4, -0.2) is 54.4 Å². The average molecular weight is 333 g/mol. The summed E-state index contributed by atoms with van der Waals surface area (Å²) in [4.78, 5) is 14.5. The molecule has 0 spiro atoms. The van der Waals surface area contributed by atoms with Crippen molar-refractivity contribution in [2.24, 2.45) is 5.41 Å². The highest BCUT2D eigenvalue weighted by molar-refractivity contribution is 5.94. The van der Waals surface area contributed by atoms with Crippen molar-refractivity contribution < 1.29 is 19.4 Å². The fourth-order valence-corrected chi connectivity index (χ4v) is 3.36. The molecule has 5 nitrogen and oxygen atoms in total. The zero-order valence-electron chi connectivity index (χ0n) is 14.5. The van der Waals surface area contributed by atoms with E-state index in [1.165, 1.54) is 0 Å². The van der Waals surface area contributed by atoms with E-state index in [2.05, 4.69) is 0 Å². The molecule has 0 bridgehead atoms. The van der Waals surface area contributed by atoms with E-state index < -0.39 is 0 Å². The smallest absolute Gasteiger partial charge is 0.253 e. The largest absolute Gasteiger partial charge is 0.490 e. The van der Waals surface area contributed by atoms with Gasteiger partial charge in [-0.25, -0.2) is 0 Å². The van der Waals surface area contributed by atoms with Crippen molar-refractivity contribution in [2.45, 2.75) is 45.3 Å². The molecule has 2 aliphatic rings. The van der Waals surface area contributed by atoms with E-state index in [9.17, 15) is 9.90 Å². The van der Waals surface area contributed by atoms with E-state index >= 15 is 0 Å². The number of rotatable bonds is 3. The monoisotopic (exact) mass is 333 g/mol. The second kappa shape index (κ2) is 7.11. The lowest BCUT2D eigenvalue weighted by molar-refractivity contribution is -0.0182. The average Bonchev–Trinajstić information content (AvgIpc) is 2.58. The first kappa shape index (κ1) is 17.2. The van der Waals surface area contributed by atoms with Crippen LogP contribution in [-0.2, 0) is 4.74 Å². The molecule has 0 saturated carbocycles. The minimum atomic E-state index is -0.350. The third-order valence-electron chi connectivity index (χ3n) is 5.03. The van der Waals surface area contributed by atoms with E-state index in [0.29, 0.717) is 25.1 Å². The predicted octanol–water partition coefficient (Wildman–Crippen LogP) is 2.48. The molecule has 1 unspecified atom stereocenters. The molecule has 2 saturated heterocycles. The molecule has 1 aromatic carbocycles. The number of carbonyl (C=O) groups excluding carboxylic acids is 1. The number of hydrogen-bond donors (Lipinski definition) is 1. The number of aliphatic hydroxyl groups is 1. The first-order valence-electron chi connectivity index (χ1n) is 8.77. The lowest BCUT2D eigenvalue weighted by atomic mass is 9.81. The van der Waals surface area contributed by atoms with Gasteiger partial charge >= 0.3 is 0 Å². The van der Waals surface area contributed by atoms with Crippen molar-refractivity contribution in [3.63, 3.8) is 0 Å². The fraction of sp³-hybridized carbons (Fsp3) is 0.632. The second-order valence-electron chi connectivity index (χ2n) is 7.47. The quantitative estimate of drug-likeness (QED) is 0.923. The Morgan fingerprint density at radius 3 is 2.50 bits per heavy atom. The van der Waals surface area contributed by atoms with Crippen LogP contribution in [0, 0.1) is 5.41 Å². The summed E-state index contributed by atoms with van der Waals surface area (Å²) in [6.07, 6.45) is 2.29. The van der Waals surface area contributed by atoms with Crippen molar-refractivity contribution in [3.05, 3.63) is 29.8 Å². The Labute approximate surface area is 143 Å². The number of piperidine rings is 1. The summed E-state index contributed by atoms with van der Waals surface area (Å²) >= 11 is 0. The number of likely N-dealkylation sites (tertiary alicyclic amines) is 1. The molecule has 0 aromatic heterocycles. The van der Waals surface area contributed by atoms with Gasteiger partial charge in [-0.3, -0.25) is 4.79 Å². The van der Waals surface area contributed by atoms with Gasteiger partial charge in [0.2, 0.25) is 0 Å². The third-order valence-corrected chi connectivity index (χ3v) is 5.03. The van der Waals surface area contributed by atoms with Crippen LogP contribution in [0.4, 0.5) is 0 Å². The summed E-state index contributed by atoms with van der Waals surface area (Å²) in [7, 11) is 0.